The summed E-state index contributed by atoms with van der Waals surface area (Å²) in [5.41, 5.74) is 5.30. The lowest BCUT2D eigenvalue weighted by atomic mass is 10.2. The molecule has 0 aromatic heterocycles. The summed E-state index contributed by atoms with van der Waals surface area (Å²) < 4.78 is 5.93. The lowest BCUT2D eigenvalue weighted by Crippen LogP contribution is -2.38. The van der Waals surface area contributed by atoms with Crippen LogP contribution >= 0.6 is 15.9 Å². The van der Waals surface area contributed by atoms with Crippen molar-refractivity contribution in [2.75, 3.05) is 6.61 Å². The van der Waals surface area contributed by atoms with Crippen molar-refractivity contribution in [1.29, 1.82) is 0 Å². The normalized spacial score (nSPS) is 9.76. The van der Waals surface area contributed by atoms with Gasteiger partial charge in [0.1, 0.15) is 5.75 Å². The predicted octanol–water partition coefficient (Wildman–Crippen LogP) is 0.515. The number of carbonyl (C=O) groups excluding carboxylic acids is 2. The Labute approximate surface area is 106 Å². The van der Waals surface area contributed by atoms with Gasteiger partial charge in [0, 0.05) is 10.0 Å². The lowest BCUT2D eigenvalue weighted by molar-refractivity contribution is -0.121. The maximum Gasteiger partial charge on any atom is 0.318 e. The SMILES string of the molecule is NC(=O)NC(=O)COc1ccc(Br)cc1CO. The smallest absolute Gasteiger partial charge is 0.318 e. The number of carbonyl (C=O) groups is 2. The molecule has 0 saturated carbocycles. The third kappa shape index (κ3) is 4.41. The minimum atomic E-state index is -0.934. The van der Waals surface area contributed by atoms with Crippen LogP contribution in [0.3, 0.4) is 0 Å². The van der Waals surface area contributed by atoms with Crippen molar-refractivity contribution >= 4 is 27.9 Å². The van der Waals surface area contributed by atoms with Crippen molar-refractivity contribution in [2.24, 2.45) is 5.73 Å². The van der Waals surface area contributed by atoms with Crippen LogP contribution in [0.5, 0.6) is 5.75 Å². The highest BCUT2D eigenvalue weighted by atomic mass is 79.9. The number of halogens is 1. The molecule has 3 amide bonds. The van der Waals surface area contributed by atoms with E-state index in [0.29, 0.717) is 11.3 Å². The molecule has 17 heavy (non-hydrogen) atoms. The number of imide groups is 1. The number of ether oxygens (including phenoxy) is 1. The summed E-state index contributed by atoms with van der Waals surface area (Å²) in [6.45, 7) is -0.566. The zero-order chi connectivity index (χ0) is 12.8. The molecule has 92 valence electrons. The first kappa shape index (κ1) is 13.5. The quantitative estimate of drug-likeness (QED) is 0.754. The van der Waals surface area contributed by atoms with Gasteiger partial charge < -0.3 is 15.6 Å². The molecule has 0 saturated heterocycles. The second-order valence-corrected chi connectivity index (χ2v) is 4.03. The largest absolute Gasteiger partial charge is 0.483 e. The first-order valence-electron chi connectivity index (χ1n) is 4.64. The van der Waals surface area contributed by atoms with E-state index in [1.165, 1.54) is 0 Å². The zero-order valence-corrected chi connectivity index (χ0v) is 10.4. The molecule has 1 rings (SSSR count). The summed E-state index contributed by atoms with van der Waals surface area (Å²) >= 11 is 3.24. The van der Waals surface area contributed by atoms with Gasteiger partial charge >= 0.3 is 6.03 Å². The predicted molar refractivity (Wildman–Crippen MR) is 63.3 cm³/mol. The van der Waals surface area contributed by atoms with Gasteiger partial charge in [-0.05, 0) is 18.2 Å². The number of amides is 3. The first-order chi connectivity index (χ1) is 8.02. The van der Waals surface area contributed by atoms with E-state index in [1.54, 1.807) is 18.2 Å². The first-order valence-corrected chi connectivity index (χ1v) is 5.43. The van der Waals surface area contributed by atoms with Gasteiger partial charge in [-0.1, -0.05) is 15.9 Å². The zero-order valence-electron chi connectivity index (χ0n) is 8.77. The Kier molecular flexibility index (Phi) is 4.92. The number of aliphatic hydroxyl groups excluding tert-OH is 1. The fraction of sp³-hybridized carbons (Fsp3) is 0.200. The molecule has 0 bridgehead atoms. The fourth-order valence-corrected chi connectivity index (χ4v) is 1.54. The Bertz CT molecular complexity index is 436. The number of benzene rings is 1. The van der Waals surface area contributed by atoms with Gasteiger partial charge in [-0.25, -0.2) is 4.79 Å². The van der Waals surface area contributed by atoms with E-state index in [1.807, 2.05) is 5.32 Å². The van der Waals surface area contributed by atoms with E-state index in [9.17, 15) is 9.59 Å². The monoisotopic (exact) mass is 302 g/mol. The topological polar surface area (TPSA) is 102 Å². The third-order valence-corrected chi connectivity index (χ3v) is 2.31. The van der Waals surface area contributed by atoms with Crippen LogP contribution in [-0.2, 0) is 11.4 Å². The molecule has 0 aliphatic heterocycles. The number of rotatable bonds is 4. The van der Waals surface area contributed by atoms with Crippen molar-refractivity contribution in [3.8, 4) is 5.75 Å². The summed E-state index contributed by atoms with van der Waals surface area (Å²) in [6, 6.07) is 4.05. The van der Waals surface area contributed by atoms with Crippen LogP contribution < -0.4 is 15.8 Å². The fourth-order valence-electron chi connectivity index (χ4n) is 1.13. The Morgan fingerprint density at radius 1 is 1.47 bits per heavy atom. The maximum atomic E-state index is 11.1. The lowest BCUT2D eigenvalue weighted by Gasteiger charge is -2.09. The summed E-state index contributed by atoms with van der Waals surface area (Å²) in [4.78, 5) is 21.5. The van der Waals surface area contributed by atoms with Crippen LogP contribution in [-0.4, -0.2) is 23.7 Å². The van der Waals surface area contributed by atoms with Crippen molar-refractivity contribution in [1.82, 2.24) is 5.32 Å². The van der Waals surface area contributed by atoms with Gasteiger partial charge in [-0.2, -0.15) is 0 Å². The van der Waals surface area contributed by atoms with E-state index in [0.717, 1.165) is 4.47 Å². The van der Waals surface area contributed by atoms with E-state index in [4.69, 9.17) is 15.6 Å². The van der Waals surface area contributed by atoms with Gasteiger partial charge in [-0.15, -0.1) is 0 Å². The average Bonchev–Trinajstić information content (AvgIpc) is 2.26. The Balaban J connectivity index is 2.63. The molecule has 1 aromatic rings. The van der Waals surface area contributed by atoms with Crippen LogP contribution in [0, 0.1) is 0 Å². The molecule has 0 unspecified atom stereocenters. The van der Waals surface area contributed by atoms with Crippen molar-refractivity contribution in [3.63, 3.8) is 0 Å². The minimum Gasteiger partial charge on any atom is -0.483 e. The van der Waals surface area contributed by atoms with Crippen molar-refractivity contribution in [2.45, 2.75) is 6.61 Å². The second-order valence-electron chi connectivity index (χ2n) is 3.11. The van der Waals surface area contributed by atoms with Gasteiger partial charge in [0.15, 0.2) is 6.61 Å². The molecule has 0 spiro atoms. The van der Waals surface area contributed by atoms with Crippen LogP contribution in [0.25, 0.3) is 0 Å². The van der Waals surface area contributed by atoms with Crippen LogP contribution in [0.2, 0.25) is 0 Å². The molecule has 0 heterocycles. The number of nitrogens with one attached hydrogen (secondary N) is 1. The third-order valence-electron chi connectivity index (χ3n) is 1.81. The average molecular weight is 303 g/mol. The van der Waals surface area contributed by atoms with Crippen LogP contribution in [0.1, 0.15) is 5.56 Å². The number of hydrogen-bond acceptors (Lipinski definition) is 4. The molecule has 6 nitrogen and oxygen atoms in total. The Morgan fingerprint density at radius 2 is 2.18 bits per heavy atom. The molecule has 4 N–H and O–H groups in total. The van der Waals surface area contributed by atoms with Crippen LogP contribution in [0.15, 0.2) is 22.7 Å². The molecule has 0 aliphatic rings. The second kappa shape index (κ2) is 6.21. The van der Waals surface area contributed by atoms with Crippen molar-refractivity contribution < 1.29 is 19.4 Å². The maximum absolute atomic E-state index is 11.1. The number of hydrogen-bond donors (Lipinski definition) is 3. The standard InChI is InChI=1S/C10H11BrN2O4/c11-7-1-2-8(6(3-7)4-14)17-5-9(15)13-10(12)16/h1-3,14H,4-5H2,(H3,12,13,15,16). The minimum absolute atomic E-state index is 0.216. The molecule has 1 aromatic carbocycles. The van der Waals surface area contributed by atoms with E-state index in [-0.39, 0.29) is 13.2 Å². The van der Waals surface area contributed by atoms with Crippen molar-refractivity contribution in [3.05, 3.63) is 28.2 Å². The number of nitrogens with two attached hydrogens (primary N) is 1. The van der Waals surface area contributed by atoms with Gasteiger partial charge in [0.05, 0.1) is 6.61 Å². The summed E-state index contributed by atoms with van der Waals surface area (Å²) in [5.74, 6) is -0.278. The molecular weight excluding hydrogens is 292 g/mol. The van der Waals surface area contributed by atoms with E-state index < -0.39 is 11.9 Å². The van der Waals surface area contributed by atoms with Gasteiger partial charge in [0.2, 0.25) is 0 Å². The van der Waals surface area contributed by atoms with Crippen LogP contribution in [0.4, 0.5) is 4.79 Å². The van der Waals surface area contributed by atoms with E-state index in [2.05, 4.69) is 15.9 Å². The molecule has 7 heteroatoms. The summed E-state index contributed by atoms with van der Waals surface area (Å²) in [5, 5.41) is 10.9. The van der Waals surface area contributed by atoms with E-state index >= 15 is 0 Å². The number of urea groups is 1. The highest BCUT2D eigenvalue weighted by Crippen LogP contribution is 2.23. The number of aliphatic hydroxyl groups is 1. The highest BCUT2D eigenvalue weighted by Gasteiger charge is 2.08. The van der Waals surface area contributed by atoms with Gasteiger partial charge in [-0.3, -0.25) is 10.1 Å². The molecule has 0 aliphatic carbocycles. The molecular formula is C10H11BrN2O4. The molecule has 0 atom stereocenters. The summed E-state index contributed by atoms with van der Waals surface area (Å²) in [7, 11) is 0. The highest BCUT2D eigenvalue weighted by molar-refractivity contribution is 9.10. The summed E-state index contributed by atoms with van der Waals surface area (Å²) in [6.07, 6.45) is 0. The van der Waals surface area contributed by atoms with Gasteiger partial charge in [0.25, 0.3) is 5.91 Å². The number of primary amides is 1. The molecule has 0 fully saturated rings. The Morgan fingerprint density at radius 3 is 2.76 bits per heavy atom. The Hall–Kier alpha value is -1.60. The molecule has 0 radical (unpaired) electrons.